The van der Waals surface area contributed by atoms with Gasteiger partial charge in [0.05, 0.1) is 24.5 Å². The number of rotatable bonds is 3. The summed E-state index contributed by atoms with van der Waals surface area (Å²) in [6.45, 7) is 1.43. The van der Waals surface area contributed by atoms with Crippen LogP contribution in [0.3, 0.4) is 0 Å². The number of aliphatic hydroxyl groups excluding tert-OH is 1. The van der Waals surface area contributed by atoms with Gasteiger partial charge in [0.25, 0.3) is 5.91 Å². The van der Waals surface area contributed by atoms with Crippen LogP contribution < -0.4 is 0 Å². The Morgan fingerprint density at radius 3 is 2.79 bits per heavy atom. The van der Waals surface area contributed by atoms with E-state index in [0.29, 0.717) is 31.2 Å². The number of aliphatic hydroxyl groups is 1. The average molecular weight is 350 g/mol. The second-order valence-corrected chi connectivity index (χ2v) is 6.89. The topological polar surface area (TPSA) is 58.4 Å². The zero-order valence-corrected chi connectivity index (χ0v) is 13.7. The maximum Gasteiger partial charge on any atom is 0.254 e. The van der Waals surface area contributed by atoms with E-state index < -0.39 is 11.9 Å². The van der Waals surface area contributed by atoms with E-state index >= 15 is 0 Å². The molecule has 1 aliphatic heterocycles. The quantitative estimate of drug-likeness (QED) is 0.927. The minimum atomic E-state index is -0.525. The van der Waals surface area contributed by atoms with E-state index in [1.54, 1.807) is 4.90 Å². The van der Waals surface area contributed by atoms with E-state index in [2.05, 4.69) is 5.10 Å². The number of hydrogen-bond acceptors (Lipinski definition) is 3. The molecule has 1 aliphatic carbocycles. The highest BCUT2D eigenvalue weighted by Gasteiger charge is 2.33. The lowest BCUT2D eigenvalue weighted by atomic mass is 10.1. The molecule has 2 heterocycles. The predicted octanol–water partition coefficient (Wildman–Crippen LogP) is 2.78. The standard InChI is InChI=1S/C17H17ClFN3O2/c18-12-5-11(6-13(19)7-12)17(24)21-3-4-22-14(9-21)8-15(20-22)16(23)10-1-2-10/h5-8,10,16,23H,1-4,9H2/t16-/m1/s1. The van der Waals surface area contributed by atoms with Crippen LogP contribution in [-0.2, 0) is 13.1 Å². The van der Waals surface area contributed by atoms with Crippen LogP contribution in [0.15, 0.2) is 24.3 Å². The molecule has 0 unspecified atom stereocenters. The smallest absolute Gasteiger partial charge is 0.254 e. The maximum absolute atomic E-state index is 13.5. The lowest BCUT2D eigenvalue weighted by Gasteiger charge is -2.27. The molecule has 0 radical (unpaired) electrons. The molecule has 5 nitrogen and oxygen atoms in total. The molecule has 1 fully saturated rings. The minimum Gasteiger partial charge on any atom is -0.386 e. The first-order valence-electron chi connectivity index (χ1n) is 8.01. The molecule has 1 saturated carbocycles. The largest absolute Gasteiger partial charge is 0.386 e. The zero-order valence-electron chi connectivity index (χ0n) is 13.0. The Balaban J connectivity index is 1.54. The van der Waals surface area contributed by atoms with Gasteiger partial charge < -0.3 is 10.0 Å². The van der Waals surface area contributed by atoms with Crippen molar-refractivity contribution in [1.29, 1.82) is 0 Å². The SMILES string of the molecule is O=C(c1cc(F)cc(Cl)c1)N1CCn2nc([C@H](O)C3CC3)cc2C1. The van der Waals surface area contributed by atoms with Gasteiger partial charge in [-0.3, -0.25) is 9.48 Å². The lowest BCUT2D eigenvalue weighted by molar-refractivity contribution is 0.0705. The molecule has 2 aromatic rings. The number of halogens is 2. The summed E-state index contributed by atoms with van der Waals surface area (Å²) in [5, 5.41) is 14.9. The van der Waals surface area contributed by atoms with Crippen molar-refractivity contribution in [3.8, 4) is 0 Å². The van der Waals surface area contributed by atoms with Crippen molar-refractivity contribution in [3.05, 3.63) is 52.1 Å². The Hall–Kier alpha value is -1.92. The summed E-state index contributed by atoms with van der Waals surface area (Å²) < 4.78 is 15.3. The van der Waals surface area contributed by atoms with Gasteiger partial charge in [-0.2, -0.15) is 5.10 Å². The van der Waals surface area contributed by atoms with Gasteiger partial charge in [-0.25, -0.2) is 4.39 Å². The molecule has 7 heteroatoms. The fourth-order valence-corrected chi connectivity index (χ4v) is 3.34. The monoisotopic (exact) mass is 349 g/mol. The summed E-state index contributed by atoms with van der Waals surface area (Å²) in [4.78, 5) is 14.2. The van der Waals surface area contributed by atoms with Crippen LogP contribution in [0, 0.1) is 11.7 Å². The first-order chi connectivity index (χ1) is 11.5. The summed E-state index contributed by atoms with van der Waals surface area (Å²) in [7, 11) is 0. The second kappa shape index (κ2) is 5.86. The molecule has 2 aliphatic rings. The molecule has 24 heavy (non-hydrogen) atoms. The van der Waals surface area contributed by atoms with E-state index in [9.17, 15) is 14.3 Å². The number of hydrogen-bond donors (Lipinski definition) is 1. The molecule has 0 bridgehead atoms. The van der Waals surface area contributed by atoms with Crippen LogP contribution >= 0.6 is 11.6 Å². The Kier molecular flexibility index (Phi) is 3.81. The van der Waals surface area contributed by atoms with Crippen LogP contribution in [0.4, 0.5) is 4.39 Å². The van der Waals surface area contributed by atoms with E-state index in [-0.39, 0.29) is 16.5 Å². The van der Waals surface area contributed by atoms with E-state index in [4.69, 9.17) is 11.6 Å². The van der Waals surface area contributed by atoms with Crippen molar-refractivity contribution in [2.75, 3.05) is 6.54 Å². The molecule has 0 spiro atoms. The van der Waals surface area contributed by atoms with Crippen LogP contribution in [0.5, 0.6) is 0 Å². The summed E-state index contributed by atoms with van der Waals surface area (Å²) in [6.07, 6.45) is 1.55. The van der Waals surface area contributed by atoms with Crippen LogP contribution in [0.2, 0.25) is 5.02 Å². The molecule has 1 aromatic heterocycles. The normalized spacial score (nSPS) is 18.4. The van der Waals surface area contributed by atoms with E-state index in [0.717, 1.165) is 18.5 Å². The second-order valence-electron chi connectivity index (χ2n) is 6.45. The van der Waals surface area contributed by atoms with Crippen molar-refractivity contribution in [2.24, 2.45) is 5.92 Å². The van der Waals surface area contributed by atoms with Crippen molar-refractivity contribution in [3.63, 3.8) is 0 Å². The molecule has 1 aromatic carbocycles. The lowest BCUT2D eigenvalue weighted by Crippen LogP contribution is -2.38. The van der Waals surface area contributed by atoms with Gasteiger partial charge in [-0.05, 0) is 43.0 Å². The fourth-order valence-electron chi connectivity index (χ4n) is 3.12. The summed E-state index contributed by atoms with van der Waals surface area (Å²) in [6, 6.07) is 5.71. The van der Waals surface area contributed by atoms with E-state index in [1.165, 1.54) is 18.2 Å². The molecule has 1 atom stereocenters. The van der Waals surface area contributed by atoms with Crippen molar-refractivity contribution in [1.82, 2.24) is 14.7 Å². The molecule has 126 valence electrons. The highest BCUT2D eigenvalue weighted by atomic mass is 35.5. The summed E-state index contributed by atoms with van der Waals surface area (Å²) in [5.74, 6) is -0.468. The number of nitrogens with zero attached hydrogens (tertiary/aromatic N) is 3. The summed E-state index contributed by atoms with van der Waals surface area (Å²) in [5.41, 5.74) is 1.80. The van der Waals surface area contributed by atoms with E-state index in [1.807, 2.05) is 10.7 Å². The fraction of sp³-hybridized carbons (Fsp3) is 0.412. The molecular formula is C17H17ClFN3O2. The molecule has 1 amide bonds. The molecule has 1 N–H and O–H groups in total. The number of fused-ring (bicyclic) bond motifs is 1. The Labute approximate surface area is 143 Å². The summed E-state index contributed by atoms with van der Waals surface area (Å²) >= 11 is 5.84. The third-order valence-electron chi connectivity index (χ3n) is 4.59. The number of carbonyl (C=O) groups is 1. The van der Waals surface area contributed by atoms with Gasteiger partial charge in [0, 0.05) is 17.1 Å². The van der Waals surface area contributed by atoms with Gasteiger partial charge in [0.15, 0.2) is 0 Å². The molecule has 0 saturated heterocycles. The van der Waals surface area contributed by atoms with Gasteiger partial charge >= 0.3 is 0 Å². The van der Waals surface area contributed by atoms with Crippen molar-refractivity contribution in [2.45, 2.75) is 32.0 Å². The van der Waals surface area contributed by atoms with Crippen LogP contribution in [-0.4, -0.2) is 32.2 Å². The third-order valence-corrected chi connectivity index (χ3v) is 4.80. The van der Waals surface area contributed by atoms with Gasteiger partial charge in [0.1, 0.15) is 11.9 Å². The van der Waals surface area contributed by atoms with Gasteiger partial charge in [-0.1, -0.05) is 11.6 Å². The van der Waals surface area contributed by atoms with Crippen molar-refractivity contribution >= 4 is 17.5 Å². The Morgan fingerprint density at radius 1 is 1.29 bits per heavy atom. The molecular weight excluding hydrogens is 333 g/mol. The molecule has 4 rings (SSSR count). The third kappa shape index (κ3) is 2.91. The van der Waals surface area contributed by atoms with Gasteiger partial charge in [0.2, 0.25) is 0 Å². The maximum atomic E-state index is 13.5. The minimum absolute atomic E-state index is 0.204. The number of benzene rings is 1. The zero-order chi connectivity index (χ0) is 16.8. The first kappa shape index (κ1) is 15.6. The van der Waals surface area contributed by atoms with Crippen molar-refractivity contribution < 1.29 is 14.3 Å². The number of amides is 1. The number of carbonyl (C=O) groups excluding carboxylic acids is 1. The Bertz CT molecular complexity index is 783. The predicted molar refractivity (Wildman–Crippen MR) is 86.1 cm³/mol. The highest BCUT2D eigenvalue weighted by Crippen LogP contribution is 2.40. The number of aromatic nitrogens is 2. The van der Waals surface area contributed by atoms with Crippen LogP contribution in [0.25, 0.3) is 0 Å². The Morgan fingerprint density at radius 2 is 2.08 bits per heavy atom. The van der Waals surface area contributed by atoms with Crippen LogP contribution in [0.1, 0.15) is 40.7 Å². The highest BCUT2D eigenvalue weighted by molar-refractivity contribution is 6.31. The van der Waals surface area contributed by atoms with Gasteiger partial charge in [-0.15, -0.1) is 0 Å². The first-order valence-corrected chi connectivity index (χ1v) is 8.39. The average Bonchev–Trinajstić information content (AvgIpc) is 3.30.